The summed E-state index contributed by atoms with van der Waals surface area (Å²) in [6, 6.07) is 31.1. The highest BCUT2D eigenvalue weighted by atomic mass is 16.7. The highest BCUT2D eigenvalue weighted by Crippen LogP contribution is 2.44. The van der Waals surface area contributed by atoms with Crippen LogP contribution < -0.4 is 18.9 Å². The Balaban J connectivity index is 1.24. The van der Waals surface area contributed by atoms with Gasteiger partial charge in [-0.1, -0.05) is 48.5 Å². The Morgan fingerprint density at radius 2 is 1.63 bits per heavy atom. The number of ether oxygens (including phenoxy) is 4. The van der Waals surface area contributed by atoms with E-state index in [9.17, 15) is 4.79 Å². The van der Waals surface area contributed by atoms with Gasteiger partial charge in [-0.25, -0.2) is 0 Å². The summed E-state index contributed by atoms with van der Waals surface area (Å²) in [6.07, 6.45) is 0. The van der Waals surface area contributed by atoms with Gasteiger partial charge in [0.25, 0.3) is 5.91 Å². The van der Waals surface area contributed by atoms with E-state index in [-0.39, 0.29) is 18.7 Å². The van der Waals surface area contributed by atoms with Gasteiger partial charge in [-0.2, -0.15) is 5.10 Å². The number of nitrogens with one attached hydrogen (secondary N) is 1. The summed E-state index contributed by atoms with van der Waals surface area (Å²) in [5.41, 5.74) is 5.97. The van der Waals surface area contributed by atoms with Crippen LogP contribution in [0.15, 0.2) is 97.1 Å². The maximum absolute atomic E-state index is 13.8. The van der Waals surface area contributed by atoms with Crippen LogP contribution in [0.25, 0.3) is 11.3 Å². The highest BCUT2D eigenvalue weighted by molar-refractivity contribution is 6.00. The lowest BCUT2D eigenvalue weighted by Gasteiger charge is -2.27. The lowest BCUT2D eigenvalue weighted by Crippen LogP contribution is -2.29. The average Bonchev–Trinajstić information content (AvgIpc) is 3.73. The summed E-state index contributed by atoms with van der Waals surface area (Å²) in [5.74, 6) is 2.79. The number of nitrogens with zero attached hydrogens (tertiary/aromatic N) is 2. The summed E-state index contributed by atoms with van der Waals surface area (Å²) in [7, 11) is 1.64. The molecule has 1 unspecified atom stereocenters. The molecule has 0 radical (unpaired) electrons. The molecule has 0 bridgehead atoms. The lowest BCUT2D eigenvalue weighted by atomic mass is 9.95. The van der Waals surface area contributed by atoms with Gasteiger partial charge in [0.05, 0.1) is 18.8 Å². The number of benzene rings is 4. The van der Waals surface area contributed by atoms with Gasteiger partial charge in [0.2, 0.25) is 6.79 Å². The molecule has 0 aliphatic carbocycles. The molecule has 2 aliphatic rings. The first-order valence-corrected chi connectivity index (χ1v) is 13.4. The molecule has 8 nitrogen and oxygen atoms in total. The Hall–Kier alpha value is -5.24. The zero-order chi connectivity index (χ0) is 27.8. The first-order valence-electron chi connectivity index (χ1n) is 13.4. The molecule has 5 aromatic rings. The van der Waals surface area contributed by atoms with Crippen LogP contribution >= 0.6 is 0 Å². The van der Waals surface area contributed by atoms with Gasteiger partial charge in [-0.3, -0.25) is 9.89 Å². The number of aromatic nitrogens is 2. The summed E-state index contributed by atoms with van der Waals surface area (Å²) in [4.78, 5) is 15.7. The summed E-state index contributed by atoms with van der Waals surface area (Å²) in [5, 5.41) is 7.61. The topological polar surface area (TPSA) is 85.9 Å². The fourth-order valence-electron chi connectivity index (χ4n) is 5.40. The van der Waals surface area contributed by atoms with Crippen LogP contribution in [0.5, 0.6) is 23.0 Å². The summed E-state index contributed by atoms with van der Waals surface area (Å²) < 4.78 is 22.4. The van der Waals surface area contributed by atoms with Crippen LogP contribution in [0.3, 0.4) is 0 Å². The third-order valence-corrected chi connectivity index (χ3v) is 7.46. The van der Waals surface area contributed by atoms with E-state index in [1.165, 1.54) is 0 Å². The number of aromatic amines is 1. The number of hydrogen-bond acceptors (Lipinski definition) is 6. The van der Waals surface area contributed by atoms with E-state index < -0.39 is 0 Å². The molecule has 1 aromatic heterocycles. The molecule has 8 heteroatoms. The minimum absolute atomic E-state index is 0.112. The Morgan fingerprint density at radius 3 is 2.41 bits per heavy atom. The number of H-pyrrole nitrogens is 1. The van der Waals surface area contributed by atoms with Crippen molar-refractivity contribution in [3.8, 4) is 34.3 Å². The predicted octanol–water partition coefficient (Wildman–Crippen LogP) is 6.14. The maximum Gasteiger partial charge on any atom is 0.273 e. The summed E-state index contributed by atoms with van der Waals surface area (Å²) >= 11 is 0. The molecule has 3 heterocycles. The number of amides is 1. The van der Waals surface area contributed by atoms with E-state index in [0.717, 1.165) is 45.0 Å². The lowest BCUT2D eigenvalue weighted by molar-refractivity contribution is 0.0730. The van der Waals surface area contributed by atoms with Gasteiger partial charge < -0.3 is 23.8 Å². The van der Waals surface area contributed by atoms with Crippen LogP contribution in [-0.4, -0.2) is 34.9 Å². The van der Waals surface area contributed by atoms with Crippen molar-refractivity contribution >= 4 is 5.91 Å². The van der Waals surface area contributed by atoms with Gasteiger partial charge in [0, 0.05) is 17.7 Å². The zero-order valence-electron chi connectivity index (χ0n) is 22.4. The molecule has 0 fully saturated rings. The number of rotatable bonds is 8. The van der Waals surface area contributed by atoms with Crippen molar-refractivity contribution in [2.24, 2.45) is 0 Å². The van der Waals surface area contributed by atoms with Gasteiger partial charge >= 0.3 is 0 Å². The molecule has 204 valence electrons. The molecular formula is C33H27N3O5. The number of hydrogen-bond donors (Lipinski definition) is 1. The van der Waals surface area contributed by atoms with Gasteiger partial charge in [-0.05, 0) is 65.2 Å². The fourth-order valence-corrected chi connectivity index (χ4v) is 5.40. The van der Waals surface area contributed by atoms with Crippen LogP contribution in [0, 0.1) is 0 Å². The first kappa shape index (κ1) is 24.8. The Morgan fingerprint density at radius 1 is 0.878 bits per heavy atom. The van der Waals surface area contributed by atoms with Crippen molar-refractivity contribution in [1.82, 2.24) is 15.1 Å². The smallest absolute Gasteiger partial charge is 0.273 e. The average molecular weight is 546 g/mol. The molecule has 1 N–H and O–H groups in total. The van der Waals surface area contributed by atoms with Crippen LogP contribution in [0.2, 0.25) is 0 Å². The number of carbonyl (C=O) groups excluding carboxylic acids is 1. The van der Waals surface area contributed by atoms with E-state index in [2.05, 4.69) is 10.2 Å². The SMILES string of the molecule is COc1ccc(-c2n[nH]c3c2C(c2ccc(OCc4ccccc4)cc2)N(Cc2ccc4c(c2)OCO4)C3=O)cc1. The van der Waals surface area contributed by atoms with E-state index in [4.69, 9.17) is 18.9 Å². The van der Waals surface area contributed by atoms with Crippen molar-refractivity contribution in [3.63, 3.8) is 0 Å². The quantitative estimate of drug-likeness (QED) is 0.252. The van der Waals surface area contributed by atoms with Crippen LogP contribution in [0.1, 0.15) is 38.8 Å². The zero-order valence-corrected chi connectivity index (χ0v) is 22.4. The van der Waals surface area contributed by atoms with E-state index in [1.807, 2.05) is 102 Å². The minimum Gasteiger partial charge on any atom is -0.497 e. The third kappa shape index (κ3) is 4.63. The third-order valence-electron chi connectivity index (χ3n) is 7.46. The van der Waals surface area contributed by atoms with Crippen molar-refractivity contribution in [3.05, 3.63) is 125 Å². The molecular weight excluding hydrogens is 518 g/mol. The standard InChI is InChI=1S/C33H27N3O5/c1-38-25-12-8-23(9-13-25)30-29-31(35-34-30)33(37)36(18-22-7-16-27-28(17-22)41-20-40-27)32(29)24-10-14-26(15-11-24)39-19-21-5-3-2-4-6-21/h2-17,32H,18-20H2,1H3,(H,34,35). The Bertz CT molecular complexity index is 1700. The van der Waals surface area contributed by atoms with Crippen LogP contribution in [-0.2, 0) is 13.2 Å². The van der Waals surface area contributed by atoms with E-state index in [1.54, 1.807) is 7.11 Å². The second-order valence-corrected chi connectivity index (χ2v) is 9.96. The fraction of sp³-hybridized carbons (Fsp3) is 0.152. The van der Waals surface area contributed by atoms with Crippen molar-refractivity contribution in [2.45, 2.75) is 19.2 Å². The molecule has 0 saturated carbocycles. The van der Waals surface area contributed by atoms with Crippen molar-refractivity contribution in [1.29, 1.82) is 0 Å². The monoisotopic (exact) mass is 545 g/mol. The van der Waals surface area contributed by atoms with E-state index in [0.29, 0.717) is 30.3 Å². The number of carbonyl (C=O) groups is 1. The second-order valence-electron chi connectivity index (χ2n) is 9.96. The minimum atomic E-state index is -0.359. The largest absolute Gasteiger partial charge is 0.497 e. The Labute approximate surface area is 237 Å². The maximum atomic E-state index is 13.8. The number of fused-ring (bicyclic) bond motifs is 2. The predicted molar refractivity (Wildman–Crippen MR) is 152 cm³/mol. The molecule has 1 atom stereocenters. The normalized spacial score (nSPS) is 15.2. The first-order chi connectivity index (χ1) is 20.2. The number of methoxy groups -OCH3 is 1. The summed E-state index contributed by atoms with van der Waals surface area (Å²) in [6.45, 7) is 1.06. The van der Waals surface area contributed by atoms with Crippen molar-refractivity contribution in [2.75, 3.05) is 13.9 Å². The molecule has 0 spiro atoms. The molecule has 0 saturated heterocycles. The molecule has 2 aliphatic heterocycles. The second kappa shape index (κ2) is 10.4. The molecule has 7 rings (SSSR count). The van der Waals surface area contributed by atoms with Crippen LogP contribution in [0.4, 0.5) is 0 Å². The van der Waals surface area contributed by atoms with Crippen molar-refractivity contribution < 1.29 is 23.7 Å². The van der Waals surface area contributed by atoms with Gasteiger partial charge in [-0.15, -0.1) is 0 Å². The molecule has 4 aromatic carbocycles. The van der Waals surface area contributed by atoms with E-state index >= 15 is 0 Å². The highest BCUT2D eigenvalue weighted by Gasteiger charge is 2.42. The van der Waals surface area contributed by atoms with Gasteiger partial charge in [0.15, 0.2) is 11.5 Å². The molecule has 41 heavy (non-hydrogen) atoms. The Kier molecular flexibility index (Phi) is 6.28. The van der Waals surface area contributed by atoms with Gasteiger partial charge in [0.1, 0.15) is 23.8 Å². The molecule has 1 amide bonds.